The van der Waals surface area contributed by atoms with Crippen LogP contribution < -0.4 is 20.1 Å². The molecule has 0 spiro atoms. The van der Waals surface area contributed by atoms with Crippen molar-refractivity contribution in [2.45, 2.75) is 13.8 Å². The molecule has 0 aliphatic heterocycles. The topological polar surface area (TPSA) is 217 Å². The molecule has 0 fully saturated rings. The van der Waals surface area contributed by atoms with Crippen LogP contribution in [0.15, 0.2) is 89.7 Å². The number of aromatic hydroxyl groups is 2. The molecule has 0 bridgehead atoms. The average molecular weight is 909 g/mol. The summed E-state index contributed by atoms with van der Waals surface area (Å²) in [6.45, 7) is 2.78. The number of hydrogen-bond donors (Lipinski definition) is 6. The van der Waals surface area contributed by atoms with Gasteiger partial charge in [-0.05, 0) is 106 Å². The first kappa shape index (κ1) is 39.2. The SMILES string of the molecule is Cc1cccc(C)c1Oc1ccc2c(O)c(C(=O)NCC(=O)O)ncc2c1.O=C(O)CNC(=O)c1nc(Br)c2ccc(Oc3ccccc3)c(I)c2c1O. The number of amides is 2. The van der Waals surface area contributed by atoms with Gasteiger partial charge in [-0.3, -0.25) is 19.2 Å². The molecular formula is C38H30BrIN4O10. The first-order valence-electron chi connectivity index (χ1n) is 15.8. The Labute approximate surface area is 329 Å². The number of aliphatic carboxylic acids is 2. The van der Waals surface area contributed by atoms with Crippen molar-refractivity contribution < 1.29 is 49.1 Å². The highest BCUT2D eigenvalue weighted by Crippen LogP contribution is 2.41. The van der Waals surface area contributed by atoms with Gasteiger partial charge in [0.05, 0.1) is 3.57 Å². The lowest BCUT2D eigenvalue weighted by Crippen LogP contribution is -2.30. The normalized spacial score (nSPS) is 10.6. The van der Waals surface area contributed by atoms with Crippen LogP contribution >= 0.6 is 38.5 Å². The monoisotopic (exact) mass is 908 g/mol. The van der Waals surface area contributed by atoms with Crippen molar-refractivity contribution in [1.82, 2.24) is 20.6 Å². The Morgan fingerprint density at radius 2 is 1.35 bits per heavy atom. The molecule has 276 valence electrons. The molecule has 6 N–H and O–H groups in total. The van der Waals surface area contributed by atoms with E-state index in [1.54, 1.807) is 42.5 Å². The molecule has 16 heteroatoms. The Balaban J connectivity index is 0.000000208. The van der Waals surface area contributed by atoms with Crippen LogP contribution in [-0.4, -0.2) is 67.2 Å². The van der Waals surface area contributed by atoms with Crippen LogP contribution in [0.4, 0.5) is 0 Å². The van der Waals surface area contributed by atoms with E-state index >= 15 is 0 Å². The van der Waals surface area contributed by atoms with Crippen LogP contribution in [0, 0.1) is 17.4 Å². The molecule has 0 saturated heterocycles. The fourth-order valence-corrected chi connectivity index (χ4v) is 6.46. The van der Waals surface area contributed by atoms with E-state index < -0.39 is 36.8 Å². The number of aryl methyl sites for hydroxylation is 2. The van der Waals surface area contributed by atoms with Gasteiger partial charge < -0.3 is 40.5 Å². The van der Waals surface area contributed by atoms with E-state index in [1.165, 1.54) is 6.20 Å². The van der Waals surface area contributed by atoms with Gasteiger partial charge >= 0.3 is 11.9 Å². The Hall–Kier alpha value is -6.01. The Kier molecular flexibility index (Phi) is 12.5. The smallest absolute Gasteiger partial charge is 0.322 e. The maximum Gasteiger partial charge on any atom is 0.322 e. The van der Waals surface area contributed by atoms with E-state index in [2.05, 4.69) is 36.5 Å². The quantitative estimate of drug-likeness (QED) is 0.0601. The molecule has 14 nitrogen and oxygen atoms in total. The minimum Gasteiger partial charge on any atom is -0.505 e. The molecular weight excluding hydrogens is 879 g/mol. The van der Waals surface area contributed by atoms with Crippen LogP contribution in [0.5, 0.6) is 34.5 Å². The second-order valence-electron chi connectivity index (χ2n) is 11.5. The summed E-state index contributed by atoms with van der Waals surface area (Å²) in [5.41, 5.74) is 1.50. The summed E-state index contributed by atoms with van der Waals surface area (Å²) in [5, 5.41) is 44.6. The lowest BCUT2D eigenvalue weighted by molar-refractivity contribution is -0.136. The summed E-state index contributed by atoms with van der Waals surface area (Å²) >= 11 is 5.31. The summed E-state index contributed by atoms with van der Waals surface area (Å²) in [7, 11) is 0. The Morgan fingerprint density at radius 1 is 0.741 bits per heavy atom. The number of benzene rings is 4. The highest BCUT2D eigenvalue weighted by molar-refractivity contribution is 14.1. The van der Waals surface area contributed by atoms with Gasteiger partial charge in [-0.2, -0.15) is 0 Å². The number of hydrogen-bond acceptors (Lipinski definition) is 10. The Bertz CT molecular complexity index is 2410. The molecule has 0 saturated carbocycles. The molecule has 0 unspecified atom stereocenters. The Morgan fingerprint density at radius 3 is 1.98 bits per heavy atom. The molecule has 0 atom stereocenters. The van der Waals surface area contributed by atoms with Gasteiger partial charge in [-0.15, -0.1) is 0 Å². The maximum atomic E-state index is 12.2. The second-order valence-corrected chi connectivity index (χ2v) is 13.3. The predicted molar refractivity (Wildman–Crippen MR) is 210 cm³/mol. The van der Waals surface area contributed by atoms with E-state index in [0.717, 1.165) is 16.9 Å². The van der Waals surface area contributed by atoms with Gasteiger partial charge in [0, 0.05) is 27.7 Å². The molecule has 2 aromatic heterocycles. The van der Waals surface area contributed by atoms with Crippen molar-refractivity contribution >= 4 is 83.8 Å². The van der Waals surface area contributed by atoms with Crippen molar-refractivity contribution in [2.24, 2.45) is 0 Å². The minimum absolute atomic E-state index is 0.229. The predicted octanol–water partition coefficient (Wildman–Crippen LogP) is 7.08. The van der Waals surface area contributed by atoms with E-state index in [9.17, 15) is 29.4 Å². The molecule has 4 aromatic carbocycles. The third-order valence-corrected chi connectivity index (χ3v) is 9.34. The second kappa shape index (κ2) is 17.2. The van der Waals surface area contributed by atoms with Gasteiger partial charge in [0.1, 0.15) is 40.7 Å². The molecule has 0 aliphatic rings. The lowest BCUT2D eigenvalue weighted by Gasteiger charge is -2.14. The zero-order valence-corrected chi connectivity index (χ0v) is 32.1. The van der Waals surface area contributed by atoms with E-state index in [0.29, 0.717) is 47.0 Å². The van der Waals surface area contributed by atoms with Gasteiger partial charge in [-0.25, -0.2) is 9.97 Å². The number of carboxylic acids is 2. The zero-order valence-electron chi connectivity index (χ0n) is 28.4. The average Bonchev–Trinajstić information content (AvgIpc) is 3.14. The number of carbonyl (C=O) groups is 4. The number of halogens is 2. The van der Waals surface area contributed by atoms with Gasteiger partial charge in [-0.1, -0.05) is 36.4 Å². The molecule has 2 amide bonds. The van der Waals surface area contributed by atoms with Crippen LogP contribution in [0.25, 0.3) is 21.5 Å². The number of fused-ring (bicyclic) bond motifs is 2. The minimum atomic E-state index is -1.20. The first-order chi connectivity index (χ1) is 25.7. The third-order valence-electron chi connectivity index (χ3n) is 7.67. The van der Waals surface area contributed by atoms with Crippen LogP contribution in [0.1, 0.15) is 32.1 Å². The number of nitrogens with one attached hydrogen (secondary N) is 2. The number of ether oxygens (including phenoxy) is 2. The van der Waals surface area contributed by atoms with Crippen LogP contribution in [-0.2, 0) is 9.59 Å². The highest BCUT2D eigenvalue weighted by atomic mass is 127. The van der Waals surface area contributed by atoms with E-state index in [-0.39, 0.29) is 22.9 Å². The summed E-state index contributed by atoms with van der Waals surface area (Å²) in [6.07, 6.45) is 1.43. The van der Waals surface area contributed by atoms with Gasteiger partial charge in [0.25, 0.3) is 11.8 Å². The van der Waals surface area contributed by atoms with Crippen molar-refractivity contribution in [3.63, 3.8) is 0 Å². The molecule has 0 radical (unpaired) electrons. The molecule has 6 aromatic rings. The standard InChI is InChI=1S/C20H18N2O5.C18H12BrIN2O5/c1-11-4-3-5-12(2)19(11)27-14-6-7-15-13(8-14)9-21-17(18(15)25)20(26)22-10-16(23)24;19-17-10-6-7-11(27-9-4-2-1-3-5-9)14(20)13(10)16(25)15(22-17)18(26)21-8-12(23)24/h3-9,25H,10H2,1-2H3,(H,22,26)(H,23,24);1-7,25H,8H2,(H,21,26)(H,23,24). The fourth-order valence-electron chi connectivity index (χ4n) is 5.12. The summed E-state index contributed by atoms with van der Waals surface area (Å²) in [5.74, 6) is -2.12. The van der Waals surface area contributed by atoms with Crippen molar-refractivity contribution in [1.29, 1.82) is 0 Å². The first-order valence-corrected chi connectivity index (χ1v) is 17.7. The number of rotatable bonds is 10. The third kappa shape index (κ3) is 9.13. The van der Waals surface area contributed by atoms with Crippen molar-refractivity contribution in [2.75, 3.05) is 13.1 Å². The maximum absolute atomic E-state index is 12.2. The number of carboxylic acid groups (broad SMARTS) is 2. The number of pyridine rings is 2. The van der Waals surface area contributed by atoms with E-state index in [1.807, 2.05) is 72.8 Å². The van der Waals surface area contributed by atoms with Gasteiger partial charge in [0.15, 0.2) is 22.9 Å². The van der Waals surface area contributed by atoms with Crippen LogP contribution in [0.3, 0.4) is 0 Å². The van der Waals surface area contributed by atoms with Crippen LogP contribution in [0.2, 0.25) is 0 Å². The number of carbonyl (C=O) groups excluding carboxylic acids is 2. The number of aromatic nitrogens is 2. The van der Waals surface area contributed by atoms with Crippen molar-refractivity contribution in [3.05, 3.63) is 116 Å². The molecule has 0 aliphatic carbocycles. The van der Waals surface area contributed by atoms with E-state index in [4.69, 9.17) is 19.7 Å². The van der Waals surface area contributed by atoms with Gasteiger partial charge in [0.2, 0.25) is 0 Å². The lowest BCUT2D eigenvalue weighted by atomic mass is 10.1. The molecule has 54 heavy (non-hydrogen) atoms. The fraction of sp³-hybridized carbons (Fsp3) is 0.105. The van der Waals surface area contributed by atoms with Crippen molar-refractivity contribution in [3.8, 4) is 34.5 Å². The number of nitrogens with zero attached hydrogens (tertiary/aromatic N) is 2. The zero-order chi connectivity index (χ0) is 39.1. The molecule has 2 heterocycles. The number of para-hydroxylation sites is 2. The highest BCUT2D eigenvalue weighted by Gasteiger charge is 2.22. The molecule has 6 rings (SSSR count). The summed E-state index contributed by atoms with van der Waals surface area (Å²) in [4.78, 5) is 53.4. The summed E-state index contributed by atoms with van der Waals surface area (Å²) in [6, 6.07) is 23.5. The largest absolute Gasteiger partial charge is 0.505 e. The summed E-state index contributed by atoms with van der Waals surface area (Å²) < 4.78 is 12.8.